The van der Waals surface area contributed by atoms with Gasteiger partial charge in [0, 0.05) is 24.4 Å². The molecule has 0 radical (unpaired) electrons. The number of nitro groups is 1. The molecule has 0 aromatic heterocycles. The molecule has 2 atom stereocenters. The van der Waals surface area contributed by atoms with Gasteiger partial charge in [0.25, 0.3) is 11.6 Å². The Morgan fingerprint density at radius 3 is 2.79 bits per heavy atom. The van der Waals surface area contributed by atoms with E-state index in [2.05, 4.69) is 5.32 Å². The van der Waals surface area contributed by atoms with Crippen LogP contribution in [-0.4, -0.2) is 46.9 Å². The van der Waals surface area contributed by atoms with Crippen LogP contribution in [0.1, 0.15) is 25.7 Å². The lowest BCUT2D eigenvalue weighted by Gasteiger charge is -2.41. The van der Waals surface area contributed by atoms with Gasteiger partial charge < -0.3 is 15.0 Å². The lowest BCUT2D eigenvalue weighted by atomic mass is 9.99. The van der Waals surface area contributed by atoms with Gasteiger partial charge in [0.05, 0.1) is 24.0 Å². The minimum atomic E-state index is -0.752. The summed E-state index contributed by atoms with van der Waals surface area (Å²) in [6, 6.07) is 5.69. The number of piperidine rings is 1. The smallest absolute Gasteiger partial charge is 0.269 e. The van der Waals surface area contributed by atoms with Crippen LogP contribution in [0, 0.1) is 10.1 Å². The molecule has 2 heterocycles. The molecule has 2 unspecified atom stereocenters. The van der Waals surface area contributed by atoms with Crippen molar-refractivity contribution in [2.24, 2.45) is 0 Å². The first-order valence-corrected chi connectivity index (χ1v) is 8.01. The molecule has 0 spiro atoms. The first-order chi connectivity index (χ1) is 11.5. The Kier molecular flexibility index (Phi) is 4.75. The fourth-order valence-corrected chi connectivity index (χ4v) is 3.14. The maximum Gasteiger partial charge on any atom is 0.269 e. The number of nitro benzene ring substituents is 1. The summed E-state index contributed by atoms with van der Waals surface area (Å²) in [5, 5.41) is 13.2. The van der Waals surface area contributed by atoms with Crippen LogP contribution in [0.25, 0.3) is 0 Å². The van der Waals surface area contributed by atoms with Crippen molar-refractivity contribution in [2.45, 2.75) is 37.8 Å². The maximum atomic E-state index is 12.4. The summed E-state index contributed by atoms with van der Waals surface area (Å²) in [6.45, 7) is 1.20. The van der Waals surface area contributed by atoms with Crippen molar-refractivity contribution in [3.05, 3.63) is 34.4 Å². The van der Waals surface area contributed by atoms with E-state index in [1.165, 1.54) is 24.3 Å². The Bertz CT molecular complexity index is 646. The van der Waals surface area contributed by atoms with E-state index in [4.69, 9.17) is 4.74 Å². The molecule has 2 fully saturated rings. The Morgan fingerprint density at radius 1 is 1.33 bits per heavy atom. The molecule has 24 heavy (non-hydrogen) atoms. The number of fused-ring (bicyclic) bond motifs is 1. The number of non-ortho nitro benzene ring substituents is 1. The van der Waals surface area contributed by atoms with E-state index in [0.29, 0.717) is 12.3 Å². The first kappa shape index (κ1) is 16.4. The van der Waals surface area contributed by atoms with Gasteiger partial charge >= 0.3 is 0 Å². The fraction of sp³-hybridized carbons (Fsp3) is 0.500. The first-order valence-electron chi connectivity index (χ1n) is 8.01. The highest BCUT2D eigenvalue weighted by atomic mass is 16.6. The Labute approximate surface area is 138 Å². The zero-order valence-corrected chi connectivity index (χ0v) is 13.1. The number of benzene rings is 1. The van der Waals surface area contributed by atoms with Crippen molar-refractivity contribution in [3.8, 4) is 0 Å². The second kappa shape index (κ2) is 6.96. The average molecular weight is 333 g/mol. The van der Waals surface area contributed by atoms with E-state index < -0.39 is 11.0 Å². The average Bonchev–Trinajstić information content (AvgIpc) is 2.58. The summed E-state index contributed by atoms with van der Waals surface area (Å²) >= 11 is 0. The highest BCUT2D eigenvalue weighted by Gasteiger charge is 2.38. The van der Waals surface area contributed by atoms with Crippen LogP contribution in [-0.2, 0) is 14.3 Å². The quantitative estimate of drug-likeness (QED) is 0.667. The third kappa shape index (κ3) is 3.53. The molecule has 8 heteroatoms. The summed E-state index contributed by atoms with van der Waals surface area (Å²) in [4.78, 5) is 36.5. The molecule has 0 bridgehead atoms. The monoisotopic (exact) mass is 333 g/mol. The van der Waals surface area contributed by atoms with E-state index in [1.807, 2.05) is 4.90 Å². The molecule has 0 saturated carbocycles. The molecule has 2 amide bonds. The molecular formula is C16H19N3O5. The van der Waals surface area contributed by atoms with Gasteiger partial charge in [0.1, 0.15) is 6.10 Å². The molecular weight excluding hydrogens is 314 g/mol. The largest absolute Gasteiger partial charge is 0.366 e. The third-order valence-electron chi connectivity index (χ3n) is 4.41. The Morgan fingerprint density at radius 2 is 2.08 bits per heavy atom. The number of nitrogens with one attached hydrogen (secondary N) is 1. The maximum absolute atomic E-state index is 12.4. The minimum absolute atomic E-state index is 0.0464. The SMILES string of the molecule is O=C(CC1OCC2CCCCN2C1=O)Nc1ccc([N+](=O)[O-])cc1. The molecule has 2 saturated heterocycles. The highest BCUT2D eigenvalue weighted by Crippen LogP contribution is 2.24. The van der Waals surface area contributed by atoms with Gasteiger partial charge in [-0.3, -0.25) is 19.7 Å². The second-order valence-electron chi connectivity index (χ2n) is 6.06. The number of carbonyl (C=O) groups is 2. The molecule has 1 N–H and O–H groups in total. The number of hydrogen-bond donors (Lipinski definition) is 1. The molecule has 8 nitrogen and oxygen atoms in total. The van der Waals surface area contributed by atoms with Gasteiger partial charge in [0.15, 0.2) is 0 Å². The molecule has 1 aromatic carbocycles. The zero-order chi connectivity index (χ0) is 17.1. The van der Waals surface area contributed by atoms with Crippen LogP contribution in [0.3, 0.4) is 0 Å². The molecule has 3 rings (SSSR count). The second-order valence-corrected chi connectivity index (χ2v) is 6.06. The van der Waals surface area contributed by atoms with Crippen LogP contribution in [0.2, 0.25) is 0 Å². The highest BCUT2D eigenvalue weighted by molar-refractivity contribution is 5.95. The van der Waals surface area contributed by atoms with Gasteiger partial charge in [-0.1, -0.05) is 0 Å². The van der Waals surface area contributed by atoms with Crippen molar-refractivity contribution in [3.63, 3.8) is 0 Å². The van der Waals surface area contributed by atoms with E-state index in [9.17, 15) is 19.7 Å². The van der Waals surface area contributed by atoms with E-state index in [1.54, 1.807) is 0 Å². The van der Waals surface area contributed by atoms with Crippen LogP contribution < -0.4 is 5.32 Å². The molecule has 1 aromatic rings. The van der Waals surface area contributed by atoms with Crippen molar-refractivity contribution in [1.82, 2.24) is 4.90 Å². The van der Waals surface area contributed by atoms with Gasteiger partial charge in [0.2, 0.25) is 5.91 Å². The predicted octanol–water partition coefficient (Wildman–Crippen LogP) is 1.70. The lowest BCUT2D eigenvalue weighted by molar-refractivity contribution is -0.384. The number of morpholine rings is 1. The van der Waals surface area contributed by atoms with Crippen LogP contribution in [0.15, 0.2) is 24.3 Å². The normalized spacial score (nSPS) is 23.5. The van der Waals surface area contributed by atoms with Gasteiger partial charge in [-0.15, -0.1) is 0 Å². The summed E-state index contributed by atoms with van der Waals surface area (Å²) in [5.41, 5.74) is 0.402. The molecule has 128 valence electrons. The summed E-state index contributed by atoms with van der Waals surface area (Å²) in [6.07, 6.45) is 2.23. The number of ether oxygens (including phenoxy) is 1. The number of anilines is 1. The topological polar surface area (TPSA) is 102 Å². The summed E-state index contributed by atoms with van der Waals surface area (Å²) in [7, 11) is 0. The zero-order valence-electron chi connectivity index (χ0n) is 13.1. The van der Waals surface area contributed by atoms with E-state index >= 15 is 0 Å². The van der Waals surface area contributed by atoms with Crippen LogP contribution >= 0.6 is 0 Å². The van der Waals surface area contributed by atoms with Crippen molar-refractivity contribution in [1.29, 1.82) is 0 Å². The van der Waals surface area contributed by atoms with Gasteiger partial charge in [-0.05, 0) is 31.4 Å². The number of hydrogen-bond acceptors (Lipinski definition) is 5. The lowest BCUT2D eigenvalue weighted by Crippen LogP contribution is -2.56. The van der Waals surface area contributed by atoms with Crippen LogP contribution in [0.5, 0.6) is 0 Å². The van der Waals surface area contributed by atoms with Crippen molar-refractivity contribution >= 4 is 23.2 Å². The van der Waals surface area contributed by atoms with E-state index in [0.717, 1.165) is 25.8 Å². The minimum Gasteiger partial charge on any atom is -0.366 e. The van der Waals surface area contributed by atoms with Crippen molar-refractivity contribution in [2.75, 3.05) is 18.5 Å². The molecule has 2 aliphatic rings. The molecule has 2 aliphatic heterocycles. The number of carbonyl (C=O) groups excluding carboxylic acids is 2. The van der Waals surface area contributed by atoms with Gasteiger partial charge in [-0.2, -0.15) is 0 Å². The Hall–Kier alpha value is -2.48. The standard InChI is InChI=1S/C16H19N3O5/c20-15(17-11-4-6-12(7-5-11)19(22)23)9-14-16(21)18-8-2-1-3-13(18)10-24-14/h4-7,13-14H,1-3,8-10H2,(H,17,20). The van der Waals surface area contributed by atoms with Crippen molar-refractivity contribution < 1.29 is 19.2 Å². The summed E-state index contributed by atoms with van der Waals surface area (Å²) in [5.74, 6) is -0.470. The summed E-state index contributed by atoms with van der Waals surface area (Å²) < 4.78 is 5.58. The number of amides is 2. The Balaban J connectivity index is 1.56. The number of rotatable bonds is 4. The fourth-order valence-electron chi connectivity index (χ4n) is 3.14. The predicted molar refractivity (Wildman–Crippen MR) is 85.4 cm³/mol. The molecule has 0 aliphatic carbocycles. The van der Waals surface area contributed by atoms with Gasteiger partial charge in [-0.25, -0.2) is 0 Å². The van der Waals surface area contributed by atoms with E-state index in [-0.39, 0.29) is 30.0 Å². The third-order valence-corrected chi connectivity index (χ3v) is 4.41. The van der Waals surface area contributed by atoms with Crippen LogP contribution in [0.4, 0.5) is 11.4 Å². The number of nitrogens with zero attached hydrogens (tertiary/aromatic N) is 2.